The summed E-state index contributed by atoms with van der Waals surface area (Å²) in [5.74, 6) is -1.14. The summed E-state index contributed by atoms with van der Waals surface area (Å²) in [6, 6.07) is 16.9. The Labute approximate surface area is 143 Å². The Kier molecular flexibility index (Phi) is 5.94. The molecule has 4 nitrogen and oxygen atoms in total. The van der Waals surface area contributed by atoms with Gasteiger partial charge >= 0.3 is 11.8 Å². The molecule has 0 aromatic heterocycles. The number of nitrogens with one attached hydrogen (secondary N) is 1. The summed E-state index contributed by atoms with van der Waals surface area (Å²) in [6.45, 7) is 2.77. The SMILES string of the molecule is CCN(Cc1ccccc1)C(=O)C(=O)Nc1ccc(I)cc1. The number of anilines is 1. The molecule has 2 aromatic carbocycles. The minimum absolute atomic E-state index is 0.427. The molecule has 0 fully saturated rings. The first-order chi connectivity index (χ1) is 10.6. The van der Waals surface area contributed by atoms with Crippen molar-refractivity contribution in [2.75, 3.05) is 11.9 Å². The molecular formula is C17H17IN2O2. The summed E-state index contributed by atoms with van der Waals surface area (Å²) in [4.78, 5) is 25.9. The van der Waals surface area contributed by atoms with Crippen molar-refractivity contribution in [1.29, 1.82) is 0 Å². The van der Waals surface area contributed by atoms with Crippen molar-refractivity contribution >= 4 is 40.1 Å². The normalized spacial score (nSPS) is 10.1. The van der Waals surface area contributed by atoms with Gasteiger partial charge in [-0.15, -0.1) is 0 Å². The Morgan fingerprint density at radius 1 is 1.05 bits per heavy atom. The highest BCUT2D eigenvalue weighted by Crippen LogP contribution is 2.12. The Balaban J connectivity index is 2.01. The molecule has 0 unspecified atom stereocenters. The van der Waals surface area contributed by atoms with E-state index < -0.39 is 11.8 Å². The van der Waals surface area contributed by atoms with Crippen LogP contribution in [0.25, 0.3) is 0 Å². The van der Waals surface area contributed by atoms with Crippen LogP contribution < -0.4 is 5.32 Å². The maximum atomic E-state index is 12.3. The first kappa shape index (κ1) is 16.5. The van der Waals surface area contributed by atoms with Crippen LogP contribution in [0.2, 0.25) is 0 Å². The zero-order valence-electron chi connectivity index (χ0n) is 12.3. The summed E-state index contributed by atoms with van der Waals surface area (Å²) >= 11 is 2.18. The highest BCUT2D eigenvalue weighted by atomic mass is 127. The van der Waals surface area contributed by atoms with Crippen LogP contribution >= 0.6 is 22.6 Å². The maximum absolute atomic E-state index is 12.3. The van der Waals surface area contributed by atoms with Gasteiger partial charge in [-0.25, -0.2) is 0 Å². The topological polar surface area (TPSA) is 49.4 Å². The highest BCUT2D eigenvalue weighted by molar-refractivity contribution is 14.1. The van der Waals surface area contributed by atoms with Gasteiger partial charge in [0.05, 0.1) is 0 Å². The molecule has 0 saturated carbocycles. The van der Waals surface area contributed by atoms with Gasteiger partial charge in [-0.1, -0.05) is 30.3 Å². The van der Waals surface area contributed by atoms with Crippen LogP contribution in [0.5, 0.6) is 0 Å². The molecule has 2 rings (SSSR count). The minimum Gasteiger partial charge on any atom is -0.330 e. The van der Waals surface area contributed by atoms with Crippen molar-refractivity contribution < 1.29 is 9.59 Å². The number of halogens is 1. The van der Waals surface area contributed by atoms with Crippen molar-refractivity contribution in [2.24, 2.45) is 0 Å². The van der Waals surface area contributed by atoms with Gasteiger partial charge in [-0.2, -0.15) is 0 Å². The van der Waals surface area contributed by atoms with Gasteiger partial charge in [0.25, 0.3) is 0 Å². The fraction of sp³-hybridized carbons (Fsp3) is 0.176. The van der Waals surface area contributed by atoms with E-state index in [0.717, 1.165) is 9.13 Å². The second kappa shape index (κ2) is 7.93. The van der Waals surface area contributed by atoms with Crippen molar-refractivity contribution in [1.82, 2.24) is 4.90 Å². The number of carbonyl (C=O) groups is 2. The van der Waals surface area contributed by atoms with Gasteiger partial charge < -0.3 is 10.2 Å². The Bertz CT molecular complexity index is 641. The lowest BCUT2D eigenvalue weighted by Gasteiger charge is -2.20. The first-order valence-corrected chi connectivity index (χ1v) is 8.07. The molecule has 114 valence electrons. The van der Waals surface area contributed by atoms with Gasteiger partial charge in [-0.3, -0.25) is 9.59 Å². The summed E-state index contributed by atoms with van der Waals surface area (Å²) in [7, 11) is 0. The maximum Gasteiger partial charge on any atom is 0.313 e. The molecule has 0 heterocycles. The predicted molar refractivity (Wildman–Crippen MR) is 95.3 cm³/mol. The quantitative estimate of drug-likeness (QED) is 0.624. The van der Waals surface area contributed by atoms with E-state index >= 15 is 0 Å². The molecule has 22 heavy (non-hydrogen) atoms. The number of benzene rings is 2. The van der Waals surface area contributed by atoms with E-state index in [4.69, 9.17) is 0 Å². The van der Waals surface area contributed by atoms with Crippen LogP contribution in [0.4, 0.5) is 5.69 Å². The average molecular weight is 408 g/mol. The third-order valence-corrected chi connectivity index (χ3v) is 3.90. The van der Waals surface area contributed by atoms with Gasteiger partial charge in [0, 0.05) is 22.3 Å². The number of amides is 2. The largest absolute Gasteiger partial charge is 0.330 e. The molecule has 0 saturated heterocycles. The van der Waals surface area contributed by atoms with Crippen LogP contribution in [0, 0.1) is 3.57 Å². The van der Waals surface area contributed by atoms with E-state index in [1.54, 1.807) is 12.1 Å². The monoisotopic (exact) mass is 408 g/mol. The van der Waals surface area contributed by atoms with E-state index in [1.165, 1.54) is 4.90 Å². The standard InChI is InChI=1S/C17H17IN2O2/c1-2-20(12-13-6-4-3-5-7-13)17(22)16(21)19-15-10-8-14(18)9-11-15/h3-11H,2,12H2,1H3,(H,19,21). The van der Waals surface area contributed by atoms with Gasteiger partial charge in [0.1, 0.15) is 0 Å². The third-order valence-electron chi connectivity index (χ3n) is 3.18. The fourth-order valence-electron chi connectivity index (χ4n) is 1.99. The number of likely N-dealkylation sites (N-methyl/N-ethyl adjacent to an activating group) is 1. The van der Waals surface area contributed by atoms with Crippen LogP contribution in [0.3, 0.4) is 0 Å². The van der Waals surface area contributed by atoms with E-state index in [0.29, 0.717) is 18.8 Å². The van der Waals surface area contributed by atoms with E-state index in [9.17, 15) is 9.59 Å². The molecule has 2 amide bonds. The second-order valence-corrected chi connectivity index (χ2v) is 6.01. The molecule has 0 bridgehead atoms. The van der Waals surface area contributed by atoms with Gasteiger partial charge in [0.2, 0.25) is 0 Å². The number of rotatable bonds is 4. The Morgan fingerprint density at radius 3 is 2.27 bits per heavy atom. The molecule has 1 N–H and O–H groups in total. The summed E-state index contributed by atoms with van der Waals surface area (Å²) in [5.41, 5.74) is 1.62. The van der Waals surface area contributed by atoms with Crippen molar-refractivity contribution in [3.8, 4) is 0 Å². The molecular weight excluding hydrogens is 391 g/mol. The van der Waals surface area contributed by atoms with Gasteiger partial charge in [0.15, 0.2) is 0 Å². The molecule has 0 aliphatic rings. The van der Waals surface area contributed by atoms with Crippen molar-refractivity contribution in [3.05, 3.63) is 63.7 Å². The van der Waals surface area contributed by atoms with E-state index in [-0.39, 0.29) is 0 Å². The van der Waals surface area contributed by atoms with Crippen LogP contribution in [0.1, 0.15) is 12.5 Å². The van der Waals surface area contributed by atoms with E-state index in [2.05, 4.69) is 27.9 Å². The molecule has 0 aliphatic heterocycles. The number of nitrogens with zero attached hydrogens (tertiary/aromatic N) is 1. The van der Waals surface area contributed by atoms with Gasteiger partial charge in [-0.05, 0) is 59.3 Å². The molecule has 0 radical (unpaired) electrons. The molecule has 2 aromatic rings. The first-order valence-electron chi connectivity index (χ1n) is 7.00. The van der Waals surface area contributed by atoms with E-state index in [1.807, 2.05) is 49.4 Å². The summed E-state index contributed by atoms with van der Waals surface area (Å²) in [6.07, 6.45) is 0. The number of hydrogen-bond donors (Lipinski definition) is 1. The van der Waals surface area contributed by atoms with Crippen LogP contribution in [-0.2, 0) is 16.1 Å². The second-order valence-electron chi connectivity index (χ2n) is 4.77. The average Bonchev–Trinajstić information content (AvgIpc) is 2.55. The van der Waals surface area contributed by atoms with Crippen molar-refractivity contribution in [3.63, 3.8) is 0 Å². The fourth-order valence-corrected chi connectivity index (χ4v) is 2.35. The van der Waals surface area contributed by atoms with Crippen LogP contribution in [-0.4, -0.2) is 23.3 Å². The summed E-state index contributed by atoms with van der Waals surface area (Å²) in [5, 5.41) is 2.64. The molecule has 0 spiro atoms. The lowest BCUT2D eigenvalue weighted by atomic mass is 10.2. The Morgan fingerprint density at radius 2 is 1.68 bits per heavy atom. The highest BCUT2D eigenvalue weighted by Gasteiger charge is 2.20. The lowest BCUT2D eigenvalue weighted by molar-refractivity contribution is -0.143. The smallest absolute Gasteiger partial charge is 0.313 e. The number of hydrogen-bond acceptors (Lipinski definition) is 2. The van der Waals surface area contributed by atoms with Crippen molar-refractivity contribution in [2.45, 2.75) is 13.5 Å². The summed E-state index contributed by atoms with van der Waals surface area (Å²) < 4.78 is 1.07. The third kappa shape index (κ3) is 4.56. The zero-order valence-corrected chi connectivity index (χ0v) is 14.4. The molecule has 5 heteroatoms. The zero-order chi connectivity index (χ0) is 15.9. The lowest BCUT2D eigenvalue weighted by Crippen LogP contribution is -2.39. The molecule has 0 aliphatic carbocycles. The minimum atomic E-state index is -0.612. The van der Waals surface area contributed by atoms with Crippen LogP contribution in [0.15, 0.2) is 54.6 Å². The predicted octanol–water partition coefficient (Wildman–Crippen LogP) is 3.28. The Hall–Kier alpha value is -1.89. The number of carbonyl (C=O) groups excluding carboxylic acids is 2. The molecule has 0 atom stereocenters.